The van der Waals surface area contributed by atoms with Crippen LogP contribution in [0.25, 0.3) is 11.2 Å². The molecule has 1 unspecified atom stereocenters. The molecule has 9 nitrogen and oxygen atoms in total. The van der Waals surface area contributed by atoms with Crippen molar-refractivity contribution in [2.24, 2.45) is 5.92 Å². The Hall–Kier alpha value is -2.13. The van der Waals surface area contributed by atoms with Gasteiger partial charge in [-0.3, -0.25) is 4.57 Å². The lowest BCUT2D eigenvalue weighted by Crippen LogP contribution is -2.22. The highest BCUT2D eigenvalue weighted by Gasteiger charge is 2.22. The first-order chi connectivity index (χ1) is 12.2. The fourth-order valence-corrected chi connectivity index (χ4v) is 2.91. The molecule has 1 aliphatic heterocycles. The van der Waals surface area contributed by atoms with Gasteiger partial charge in [-0.1, -0.05) is 0 Å². The van der Waals surface area contributed by atoms with Crippen LogP contribution in [-0.2, 0) is 16.0 Å². The molecule has 0 aliphatic carbocycles. The molecule has 3 rings (SSSR count). The van der Waals surface area contributed by atoms with E-state index in [1.54, 1.807) is 7.11 Å². The number of hydrogen-bond donors (Lipinski definition) is 1. The molecule has 25 heavy (non-hydrogen) atoms. The molecule has 1 saturated heterocycles. The fourth-order valence-electron chi connectivity index (χ4n) is 2.91. The normalized spacial score (nSPS) is 17.8. The third-order valence-electron chi connectivity index (χ3n) is 4.11. The first-order valence-corrected chi connectivity index (χ1v) is 8.59. The van der Waals surface area contributed by atoms with Crippen LogP contribution in [0.15, 0.2) is 0 Å². The summed E-state index contributed by atoms with van der Waals surface area (Å²) in [4.78, 5) is 13.1. The molecule has 1 atom stereocenters. The minimum atomic E-state index is 0.216. The highest BCUT2D eigenvalue weighted by atomic mass is 16.5. The average molecular weight is 351 g/mol. The standard InChI is InChI=1S/C16H25N5O4/c1-3-23-7-8-25-15-19-13(17)12-14(20-15)21(16(18-12)22-2)9-11-5-4-6-24-10-11/h11H,3-10H2,1-2H3,(H2,17,19,20). The van der Waals surface area contributed by atoms with E-state index in [1.165, 1.54) is 0 Å². The van der Waals surface area contributed by atoms with Crippen LogP contribution in [0.4, 0.5) is 5.82 Å². The zero-order valence-corrected chi connectivity index (χ0v) is 14.7. The van der Waals surface area contributed by atoms with Gasteiger partial charge in [-0.05, 0) is 19.8 Å². The van der Waals surface area contributed by atoms with Crippen LogP contribution in [0.3, 0.4) is 0 Å². The first-order valence-electron chi connectivity index (χ1n) is 8.59. The number of rotatable bonds is 8. The monoisotopic (exact) mass is 351 g/mol. The summed E-state index contributed by atoms with van der Waals surface area (Å²) in [6, 6.07) is 0.682. The van der Waals surface area contributed by atoms with Crippen molar-refractivity contribution in [3.63, 3.8) is 0 Å². The van der Waals surface area contributed by atoms with Crippen LogP contribution in [0.2, 0.25) is 0 Å². The van der Waals surface area contributed by atoms with Gasteiger partial charge in [-0.2, -0.15) is 15.0 Å². The van der Waals surface area contributed by atoms with E-state index < -0.39 is 0 Å². The zero-order chi connectivity index (χ0) is 17.6. The van der Waals surface area contributed by atoms with Crippen LogP contribution in [0, 0.1) is 5.92 Å². The number of anilines is 1. The molecule has 138 valence electrons. The number of hydrogen-bond acceptors (Lipinski definition) is 8. The molecule has 0 spiro atoms. The van der Waals surface area contributed by atoms with Crippen LogP contribution in [-0.4, -0.2) is 59.7 Å². The number of aromatic nitrogens is 4. The molecule has 0 bridgehead atoms. The van der Waals surface area contributed by atoms with E-state index in [0.29, 0.717) is 49.5 Å². The Bertz CT molecular complexity index is 699. The van der Waals surface area contributed by atoms with Gasteiger partial charge in [0.1, 0.15) is 6.61 Å². The molecule has 1 aliphatic rings. The summed E-state index contributed by atoms with van der Waals surface area (Å²) >= 11 is 0. The second-order valence-electron chi connectivity index (χ2n) is 5.90. The van der Waals surface area contributed by atoms with Crippen molar-refractivity contribution in [2.75, 3.05) is 45.9 Å². The van der Waals surface area contributed by atoms with Crippen LogP contribution in [0.1, 0.15) is 19.8 Å². The molecule has 9 heteroatoms. The van der Waals surface area contributed by atoms with Crippen LogP contribution in [0.5, 0.6) is 12.0 Å². The van der Waals surface area contributed by atoms with Crippen molar-refractivity contribution in [3.05, 3.63) is 0 Å². The minimum Gasteiger partial charge on any atom is -0.468 e. The number of nitrogens with two attached hydrogens (primary N) is 1. The summed E-state index contributed by atoms with van der Waals surface area (Å²) in [6.07, 6.45) is 2.16. The van der Waals surface area contributed by atoms with Gasteiger partial charge in [0.25, 0.3) is 6.01 Å². The molecular formula is C16H25N5O4. The van der Waals surface area contributed by atoms with Crippen molar-refractivity contribution in [1.29, 1.82) is 0 Å². The molecule has 3 heterocycles. The Morgan fingerprint density at radius 2 is 2.16 bits per heavy atom. The lowest BCUT2D eigenvalue weighted by Gasteiger charge is -2.22. The maximum absolute atomic E-state index is 6.04. The third-order valence-corrected chi connectivity index (χ3v) is 4.11. The molecule has 0 aromatic carbocycles. The summed E-state index contributed by atoms with van der Waals surface area (Å²) in [6.45, 7) is 5.65. The Morgan fingerprint density at radius 1 is 1.28 bits per heavy atom. The molecule has 1 fully saturated rings. The predicted molar refractivity (Wildman–Crippen MR) is 91.8 cm³/mol. The van der Waals surface area contributed by atoms with Gasteiger partial charge >= 0.3 is 6.01 Å². The van der Waals surface area contributed by atoms with Crippen LogP contribution < -0.4 is 15.2 Å². The smallest absolute Gasteiger partial charge is 0.320 e. The molecule has 2 N–H and O–H groups in total. The Balaban J connectivity index is 1.86. The number of nitrogens with zero attached hydrogens (tertiary/aromatic N) is 4. The number of nitrogen functional groups attached to an aromatic ring is 1. The number of ether oxygens (including phenoxy) is 4. The van der Waals surface area contributed by atoms with Gasteiger partial charge in [-0.15, -0.1) is 0 Å². The van der Waals surface area contributed by atoms with E-state index in [0.717, 1.165) is 26.1 Å². The molecule has 0 amide bonds. The van der Waals surface area contributed by atoms with Crippen molar-refractivity contribution in [2.45, 2.75) is 26.3 Å². The van der Waals surface area contributed by atoms with Gasteiger partial charge in [0, 0.05) is 25.7 Å². The Labute approximate surface area is 146 Å². The maximum atomic E-state index is 6.04. The summed E-state index contributed by atoms with van der Waals surface area (Å²) < 4.78 is 23.7. The summed E-state index contributed by atoms with van der Waals surface area (Å²) in [7, 11) is 1.58. The Morgan fingerprint density at radius 3 is 2.88 bits per heavy atom. The summed E-state index contributed by atoms with van der Waals surface area (Å²) in [5.41, 5.74) is 7.17. The topological polar surface area (TPSA) is 107 Å². The van der Waals surface area contributed by atoms with E-state index in [9.17, 15) is 0 Å². The van der Waals surface area contributed by atoms with Crippen molar-refractivity contribution in [3.8, 4) is 12.0 Å². The number of imidazole rings is 1. The van der Waals surface area contributed by atoms with Crippen molar-refractivity contribution < 1.29 is 18.9 Å². The fraction of sp³-hybridized carbons (Fsp3) is 0.688. The highest BCUT2D eigenvalue weighted by molar-refractivity contribution is 5.83. The first kappa shape index (κ1) is 17.7. The molecule has 2 aromatic heterocycles. The second kappa shape index (κ2) is 8.30. The number of methoxy groups -OCH3 is 1. The highest BCUT2D eigenvalue weighted by Crippen LogP contribution is 2.27. The van der Waals surface area contributed by atoms with Gasteiger partial charge < -0.3 is 24.7 Å². The lowest BCUT2D eigenvalue weighted by atomic mass is 10.0. The second-order valence-corrected chi connectivity index (χ2v) is 5.90. The van der Waals surface area contributed by atoms with Crippen molar-refractivity contribution >= 4 is 17.0 Å². The third kappa shape index (κ3) is 4.10. The maximum Gasteiger partial charge on any atom is 0.320 e. The van der Waals surface area contributed by atoms with E-state index in [1.807, 2.05) is 11.5 Å². The van der Waals surface area contributed by atoms with Crippen LogP contribution >= 0.6 is 0 Å². The lowest BCUT2D eigenvalue weighted by molar-refractivity contribution is 0.0479. The molecule has 0 radical (unpaired) electrons. The quantitative estimate of drug-likeness (QED) is 0.708. The minimum absolute atomic E-state index is 0.216. The predicted octanol–water partition coefficient (Wildman–Crippen LogP) is 1.26. The molecule has 0 saturated carbocycles. The van der Waals surface area contributed by atoms with E-state index in [-0.39, 0.29) is 11.8 Å². The molecular weight excluding hydrogens is 326 g/mol. The Kier molecular flexibility index (Phi) is 5.87. The van der Waals surface area contributed by atoms with Gasteiger partial charge in [0.05, 0.1) is 20.3 Å². The van der Waals surface area contributed by atoms with Gasteiger partial charge in [0.15, 0.2) is 17.0 Å². The molecule has 2 aromatic rings. The zero-order valence-electron chi connectivity index (χ0n) is 14.7. The van der Waals surface area contributed by atoms with E-state index >= 15 is 0 Å². The number of fused-ring (bicyclic) bond motifs is 1. The van der Waals surface area contributed by atoms with Gasteiger partial charge in [0.2, 0.25) is 0 Å². The summed E-state index contributed by atoms with van der Waals surface area (Å²) in [5.74, 6) is 0.659. The largest absolute Gasteiger partial charge is 0.468 e. The van der Waals surface area contributed by atoms with Crippen molar-refractivity contribution in [1.82, 2.24) is 19.5 Å². The SMILES string of the molecule is CCOCCOc1nc(N)c2nc(OC)n(CC3CCCOC3)c2n1. The van der Waals surface area contributed by atoms with Gasteiger partial charge in [-0.25, -0.2) is 0 Å². The summed E-state index contributed by atoms with van der Waals surface area (Å²) in [5, 5.41) is 0. The van der Waals surface area contributed by atoms with E-state index in [4.69, 9.17) is 24.7 Å². The van der Waals surface area contributed by atoms with E-state index in [2.05, 4.69) is 15.0 Å². The average Bonchev–Trinajstić information content (AvgIpc) is 2.98.